The molecule has 0 unspecified atom stereocenters. The number of nitrogens with zero attached hydrogens (tertiary/aromatic N) is 2. The Morgan fingerprint density at radius 3 is 3.09 bits per heavy atom. The third kappa shape index (κ3) is 3.55. The van der Waals surface area contributed by atoms with Gasteiger partial charge in [0.25, 0.3) is 0 Å². The molecular formula is C18H23FN2O2. The molecule has 124 valence electrons. The van der Waals surface area contributed by atoms with Crippen molar-refractivity contribution in [1.82, 2.24) is 4.90 Å². The van der Waals surface area contributed by atoms with E-state index in [0.29, 0.717) is 24.7 Å². The van der Waals surface area contributed by atoms with Crippen molar-refractivity contribution < 1.29 is 13.9 Å². The lowest BCUT2D eigenvalue weighted by Gasteiger charge is -2.40. The van der Waals surface area contributed by atoms with Gasteiger partial charge in [-0.05, 0) is 30.5 Å². The fraction of sp³-hybridized carbons (Fsp3) is 0.611. The second-order valence-corrected chi connectivity index (χ2v) is 6.41. The average molecular weight is 318 g/mol. The molecule has 0 amide bonds. The van der Waals surface area contributed by atoms with E-state index in [-0.39, 0.29) is 5.56 Å². The van der Waals surface area contributed by atoms with Crippen LogP contribution >= 0.6 is 0 Å². The highest BCUT2D eigenvalue weighted by molar-refractivity contribution is 5.34. The summed E-state index contributed by atoms with van der Waals surface area (Å²) in [6, 6.07) is 7.05. The van der Waals surface area contributed by atoms with Gasteiger partial charge in [-0.15, -0.1) is 0 Å². The van der Waals surface area contributed by atoms with Crippen molar-refractivity contribution in [3.8, 4) is 6.07 Å². The van der Waals surface area contributed by atoms with Gasteiger partial charge in [-0.25, -0.2) is 4.39 Å². The summed E-state index contributed by atoms with van der Waals surface area (Å²) < 4.78 is 24.9. The molecule has 2 aliphatic rings. The highest BCUT2D eigenvalue weighted by atomic mass is 19.1. The van der Waals surface area contributed by atoms with Crippen LogP contribution in [0.3, 0.4) is 0 Å². The molecule has 1 saturated carbocycles. The molecule has 1 aliphatic carbocycles. The Balaban J connectivity index is 1.75. The number of rotatable bonds is 4. The van der Waals surface area contributed by atoms with Gasteiger partial charge in [-0.3, -0.25) is 4.90 Å². The van der Waals surface area contributed by atoms with Gasteiger partial charge in [0.2, 0.25) is 0 Å². The van der Waals surface area contributed by atoms with Crippen LogP contribution in [0.1, 0.15) is 30.4 Å². The predicted octanol–water partition coefficient (Wildman–Crippen LogP) is 2.71. The van der Waals surface area contributed by atoms with E-state index in [1.165, 1.54) is 12.5 Å². The Kier molecular flexibility index (Phi) is 5.27. The van der Waals surface area contributed by atoms with Gasteiger partial charge in [0, 0.05) is 32.2 Å². The van der Waals surface area contributed by atoms with Gasteiger partial charge in [0.05, 0.1) is 24.9 Å². The predicted molar refractivity (Wildman–Crippen MR) is 84.3 cm³/mol. The number of methoxy groups -OCH3 is 1. The van der Waals surface area contributed by atoms with E-state index in [1.54, 1.807) is 19.2 Å². The number of benzene rings is 1. The smallest absolute Gasteiger partial charge is 0.140 e. The topological polar surface area (TPSA) is 45.5 Å². The molecule has 0 radical (unpaired) electrons. The SMILES string of the molecule is CO[C@@H]1CCC[C@@H]1[C@H]1COCCN1Cc1ccc(F)c(C#N)c1. The Bertz CT molecular complexity index is 587. The standard InChI is InChI=1S/C18H23FN2O2/c1-22-18-4-2-3-15(18)17-12-23-8-7-21(17)11-13-5-6-16(19)14(9-13)10-20/h5-6,9,15,17-18H,2-4,7-8,11-12H2,1H3/t15-,17-,18-/m1/s1. The quantitative estimate of drug-likeness (QED) is 0.856. The van der Waals surface area contributed by atoms with E-state index in [4.69, 9.17) is 14.7 Å². The highest BCUT2D eigenvalue weighted by Gasteiger charge is 2.38. The summed E-state index contributed by atoms with van der Waals surface area (Å²) in [6.07, 6.45) is 3.77. The first kappa shape index (κ1) is 16.4. The summed E-state index contributed by atoms with van der Waals surface area (Å²) in [5, 5.41) is 9.00. The molecule has 1 aliphatic heterocycles. The van der Waals surface area contributed by atoms with Crippen LogP contribution in [0.25, 0.3) is 0 Å². The minimum atomic E-state index is -0.454. The monoisotopic (exact) mass is 318 g/mol. The van der Waals surface area contributed by atoms with E-state index >= 15 is 0 Å². The fourth-order valence-electron chi connectivity index (χ4n) is 3.93. The van der Waals surface area contributed by atoms with Crippen LogP contribution in [0, 0.1) is 23.1 Å². The first-order valence-electron chi connectivity index (χ1n) is 8.26. The van der Waals surface area contributed by atoms with Crippen LogP contribution in [-0.4, -0.2) is 43.9 Å². The molecule has 1 aromatic rings. The summed E-state index contributed by atoms with van der Waals surface area (Å²) in [6.45, 7) is 3.01. The van der Waals surface area contributed by atoms with Crippen LogP contribution in [-0.2, 0) is 16.0 Å². The Morgan fingerprint density at radius 1 is 1.43 bits per heavy atom. The molecule has 3 rings (SSSR count). The van der Waals surface area contributed by atoms with Crippen LogP contribution < -0.4 is 0 Å². The number of hydrogen-bond acceptors (Lipinski definition) is 4. The van der Waals surface area contributed by atoms with Gasteiger partial charge < -0.3 is 9.47 Å². The van der Waals surface area contributed by atoms with Crippen molar-refractivity contribution in [3.63, 3.8) is 0 Å². The molecule has 1 aromatic carbocycles. The molecular weight excluding hydrogens is 295 g/mol. The molecule has 23 heavy (non-hydrogen) atoms. The maximum atomic E-state index is 13.5. The summed E-state index contributed by atoms with van der Waals surface area (Å²) >= 11 is 0. The third-order valence-corrected chi connectivity index (χ3v) is 5.12. The lowest BCUT2D eigenvalue weighted by Crippen LogP contribution is -2.50. The Labute approximate surface area is 136 Å². The summed E-state index contributed by atoms with van der Waals surface area (Å²) in [4.78, 5) is 2.40. The van der Waals surface area contributed by atoms with Gasteiger partial charge in [-0.2, -0.15) is 5.26 Å². The number of hydrogen-bond donors (Lipinski definition) is 0. The lowest BCUT2D eigenvalue weighted by molar-refractivity contribution is -0.0608. The molecule has 0 aromatic heterocycles. The van der Waals surface area contributed by atoms with Gasteiger partial charge in [-0.1, -0.05) is 12.5 Å². The second-order valence-electron chi connectivity index (χ2n) is 6.41. The molecule has 0 spiro atoms. The molecule has 0 N–H and O–H groups in total. The second kappa shape index (κ2) is 7.39. The van der Waals surface area contributed by atoms with E-state index in [9.17, 15) is 4.39 Å². The van der Waals surface area contributed by atoms with Gasteiger partial charge in [0.1, 0.15) is 11.9 Å². The minimum absolute atomic E-state index is 0.114. The van der Waals surface area contributed by atoms with E-state index in [2.05, 4.69) is 4.90 Å². The maximum absolute atomic E-state index is 13.5. The van der Waals surface area contributed by atoms with Crippen LogP contribution in [0.5, 0.6) is 0 Å². The van der Waals surface area contributed by atoms with Gasteiger partial charge >= 0.3 is 0 Å². The third-order valence-electron chi connectivity index (χ3n) is 5.12. The van der Waals surface area contributed by atoms with Crippen molar-refractivity contribution in [2.75, 3.05) is 26.9 Å². The zero-order chi connectivity index (χ0) is 16.2. The van der Waals surface area contributed by atoms with Crippen LogP contribution in [0.15, 0.2) is 18.2 Å². The fourth-order valence-corrected chi connectivity index (χ4v) is 3.93. The first-order valence-corrected chi connectivity index (χ1v) is 8.26. The highest BCUT2D eigenvalue weighted by Crippen LogP contribution is 2.34. The molecule has 4 nitrogen and oxygen atoms in total. The van der Waals surface area contributed by atoms with E-state index in [0.717, 1.165) is 38.1 Å². The van der Waals surface area contributed by atoms with E-state index < -0.39 is 5.82 Å². The zero-order valence-corrected chi connectivity index (χ0v) is 13.5. The first-order chi connectivity index (χ1) is 11.2. The van der Waals surface area contributed by atoms with Crippen molar-refractivity contribution in [1.29, 1.82) is 5.26 Å². The van der Waals surface area contributed by atoms with E-state index in [1.807, 2.05) is 6.07 Å². The average Bonchev–Trinajstić information content (AvgIpc) is 3.05. The number of ether oxygens (including phenoxy) is 2. The van der Waals surface area contributed by atoms with Crippen molar-refractivity contribution in [2.45, 2.75) is 38.0 Å². The molecule has 5 heteroatoms. The number of morpholine rings is 1. The van der Waals surface area contributed by atoms with Crippen molar-refractivity contribution in [2.24, 2.45) is 5.92 Å². The largest absolute Gasteiger partial charge is 0.381 e. The molecule has 1 saturated heterocycles. The summed E-state index contributed by atoms with van der Waals surface area (Å²) in [5.74, 6) is 0.0289. The van der Waals surface area contributed by atoms with Crippen LogP contribution in [0.4, 0.5) is 4.39 Å². The Hall–Kier alpha value is -1.48. The van der Waals surface area contributed by atoms with Crippen molar-refractivity contribution >= 4 is 0 Å². The van der Waals surface area contributed by atoms with Crippen LogP contribution in [0.2, 0.25) is 0 Å². The summed E-state index contributed by atoms with van der Waals surface area (Å²) in [7, 11) is 1.79. The summed E-state index contributed by atoms with van der Waals surface area (Å²) in [5.41, 5.74) is 1.09. The van der Waals surface area contributed by atoms with Crippen molar-refractivity contribution in [3.05, 3.63) is 35.1 Å². The molecule has 0 bridgehead atoms. The maximum Gasteiger partial charge on any atom is 0.140 e. The lowest BCUT2D eigenvalue weighted by atomic mass is 9.93. The van der Waals surface area contributed by atoms with Gasteiger partial charge in [0.15, 0.2) is 0 Å². The normalized spacial score (nSPS) is 28.7. The number of nitriles is 1. The Morgan fingerprint density at radius 2 is 2.30 bits per heavy atom. The molecule has 2 fully saturated rings. The molecule has 1 heterocycles. The minimum Gasteiger partial charge on any atom is -0.381 e. The molecule has 3 atom stereocenters. The number of halogens is 1. The zero-order valence-electron chi connectivity index (χ0n) is 13.5.